The first-order valence-electron chi connectivity index (χ1n) is 5.63. The van der Waals surface area contributed by atoms with Gasteiger partial charge in [0.25, 0.3) is 5.91 Å². The number of nitrogens with one attached hydrogen (secondary N) is 1. The molecule has 1 aliphatic heterocycles. The van der Waals surface area contributed by atoms with Crippen LogP contribution in [-0.2, 0) is 4.79 Å². The normalized spacial score (nSPS) is 22.2. The summed E-state index contributed by atoms with van der Waals surface area (Å²) in [6.07, 6.45) is 5.63. The number of rotatable bonds is 1. The summed E-state index contributed by atoms with van der Waals surface area (Å²) < 4.78 is 0. The van der Waals surface area contributed by atoms with Crippen molar-refractivity contribution in [3.05, 3.63) is 30.1 Å². The van der Waals surface area contributed by atoms with E-state index in [0.717, 1.165) is 31.4 Å². The van der Waals surface area contributed by atoms with Gasteiger partial charge in [-0.2, -0.15) is 0 Å². The fourth-order valence-corrected chi connectivity index (χ4v) is 2.44. The first-order chi connectivity index (χ1) is 7.80. The average molecular weight is 215 g/mol. The van der Waals surface area contributed by atoms with Crippen LogP contribution in [0.3, 0.4) is 0 Å². The Kier molecular flexibility index (Phi) is 2.02. The number of aliphatic imine (C=N–C) groups is 1. The number of hydrogen-bond donors (Lipinski definition) is 1. The van der Waals surface area contributed by atoms with Crippen LogP contribution < -0.4 is 5.32 Å². The van der Waals surface area contributed by atoms with Crippen molar-refractivity contribution in [2.75, 3.05) is 0 Å². The van der Waals surface area contributed by atoms with Crippen molar-refractivity contribution < 1.29 is 4.79 Å². The molecule has 16 heavy (non-hydrogen) atoms. The van der Waals surface area contributed by atoms with E-state index in [0.29, 0.717) is 5.84 Å². The van der Waals surface area contributed by atoms with Crippen molar-refractivity contribution in [3.8, 4) is 0 Å². The lowest BCUT2D eigenvalue weighted by molar-refractivity contribution is -0.123. The summed E-state index contributed by atoms with van der Waals surface area (Å²) in [5.41, 5.74) is 0.270. The zero-order chi connectivity index (χ0) is 11.0. The minimum absolute atomic E-state index is 0.0469. The Hall–Kier alpha value is -1.71. The highest BCUT2D eigenvalue weighted by Crippen LogP contribution is 2.36. The van der Waals surface area contributed by atoms with Gasteiger partial charge in [0.05, 0.1) is 0 Å². The van der Waals surface area contributed by atoms with Gasteiger partial charge in [0.2, 0.25) is 0 Å². The number of carbonyl (C=O) groups excluding carboxylic acids is 1. The van der Waals surface area contributed by atoms with Crippen LogP contribution >= 0.6 is 0 Å². The highest BCUT2D eigenvalue weighted by Gasteiger charge is 2.45. The van der Waals surface area contributed by atoms with Crippen molar-refractivity contribution in [2.24, 2.45) is 4.99 Å². The number of amidine groups is 1. The number of amides is 1. The molecule has 1 saturated carbocycles. The Morgan fingerprint density at radius 1 is 1.25 bits per heavy atom. The fourth-order valence-electron chi connectivity index (χ4n) is 2.44. The third kappa shape index (κ3) is 1.33. The molecule has 1 fully saturated rings. The van der Waals surface area contributed by atoms with Gasteiger partial charge in [-0.15, -0.1) is 0 Å². The fraction of sp³-hybridized carbons (Fsp3) is 0.417. The molecule has 0 saturated heterocycles. The van der Waals surface area contributed by atoms with Crippen LogP contribution in [0.2, 0.25) is 0 Å². The highest BCUT2D eigenvalue weighted by atomic mass is 16.2. The molecule has 1 aliphatic carbocycles. The summed E-state index contributed by atoms with van der Waals surface area (Å²) in [6.45, 7) is 0. The number of aromatic nitrogens is 1. The molecule has 82 valence electrons. The van der Waals surface area contributed by atoms with E-state index in [9.17, 15) is 4.79 Å². The van der Waals surface area contributed by atoms with Gasteiger partial charge in [0.15, 0.2) is 5.84 Å². The molecule has 4 nitrogen and oxygen atoms in total. The lowest BCUT2D eigenvalue weighted by atomic mass is 9.99. The molecule has 1 spiro atoms. The maximum absolute atomic E-state index is 11.9. The highest BCUT2D eigenvalue weighted by molar-refractivity contribution is 6.14. The molecule has 0 atom stereocenters. The van der Waals surface area contributed by atoms with Gasteiger partial charge in [-0.25, -0.2) is 4.99 Å². The average Bonchev–Trinajstić information content (AvgIpc) is 2.91. The van der Waals surface area contributed by atoms with Gasteiger partial charge in [-0.05, 0) is 25.0 Å². The first-order valence-corrected chi connectivity index (χ1v) is 5.63. The molecule has 3 rings (SSSR count). The van der Waals surface area contributed by atoms with Gasteiger partial charge in [-0.3, -0.25) is 9.78 Å². The van der Waals surface area contributed by atoms with Crippen molar-refractivity contribution in [3.63, 3.8) is 0 Å². The molecule has 1 aromatic heterocycles. The number of nitrogens with zero attached hydrogens (tertiary/aromatic N) is 2. The first kappa shape index (κ1) is 9.51. The predicted octanol–water partition coefficient (Wildman–Crippen LogP) is 1.27. The van der Waals surface area contributed by atoms with E-state index in [2.05, 4.69) is 15.3 Å². The standard InChI is InChI=1S/C12H13N3O/c16-11-12(6-2-3-7-12)15-10(14-11)9-5-1-4-8-13-9/h1,4-5,8H,2-3,6-7H2,(H,14,15,16). The summed E-state index contributed by atoms with van der Waals surface area (Å²) in [6, 6.07) is 5.62. The van der Waals surface area contributed by atoms with Crippen LogP contribution in [0.4, 0.5) is 0 Å². The maximum Gasteiger partial charge on any atom is 0.253 e. The summed E-state index contributed by atoms with van der Waals surface area (Å²) in [5.74, 6) is 0.679. The quantitative estimate of drug-likeness (QED) is 0.767. The van der Waals surface area contributed by atoms with Crippen molar-refractivity contribution in [1.29, 1.82) is 0 Å². The van der Waals surface area contributed by atoms with E-state index >= 15 is 0 Å². The molecule has 2 aliphatic rings. The van der Waals surface area contributed by atoms with Crippen molar-refractivity contribution >= 4 is 11.7 Å². The Morgan fingerprint density at radius 2 is 2.06 bits per heavy atom. The zero-order valence-electron chi connectivity index (χ0n) is 8.94. The second-order valence-electron chi connectivity index (χ2n) is 4.37. The summed E-state index contributed by atoms with van der Waals surface area (Å²) in [5, 5.41) is 2.85. The minimum Gasteiger partial charge on any atom is -0.307 e. The van der Waals surface area contributed by atoms with Crippen LogP contribution in [0.15, 0.2) is 29.4 Å². The minimum atomic E-state index is -0.479. The Morgan fingerprint density at radius 3 is 2.75 bits per heavy atom. The third-order valence-corrected chi connectivity index (χ3v) is 3.32. The maximum atomic E-state index is 11.9. The molecular weight excluding hydrogens is 202 g/mol. The molecule has 0 unspecified atom stereocenters. The van der Waals surface area contributed by atoms with E-state index in [1.54, 1.807) is 6.20 Å². The zero-order valence-corrected chi connectivity index (χ0v) is 8.94. The van der Waals surface area contributed by atoms with E-state index in [4.69, 9.17) is 0 Å². The van der Waals surface area contributed by atoms with Crippen LogP contribution in [0, 0.1) is 0 Å². The molecule has 2 heterocycles. The smallest absolute Gasteiger partial charge is 0.253 e. The monoisotopic (exact) mass is 215 g/mol. The number of pyridine rings is 1. The second kappa shape index (κ2) is 3.40. The molecular formula is C12H13N3O. The Balaban J connectivity index is 1.97. The van der Waals surface area contributed by atoms with E-state index in [1.807, 2.05) is 18.2 Å². The molecule has 0 aromatic carbocycles. The summed E-state index contributed by atoms with van der Waals surface area (Å²) >= 11 is 0. The van der Waals surface area contributed by atoms with Crippen LogP contribution in [0.1, 0.15) is 31.4 Å². The molecule has 4 heteroatoms. The molecule has 1 amide bonds. The number of carbonyl (C=O) groups is 1. The van der Waals surface area contributed by atoms with Gasteiger partial charge >= 0.3 is 0 Å². The molecule has 1 N–H and O–H groups in total. The second-order valence-corrected chi connectivity index (χ2v) is 4.37. The van der Waals surface area contributed by atoms with Crippen molar-refractivity contribution in [1.82, 2.24) is 10.3 Å². The molecule has 0 bridgehead atoms. The van der Waals surface area contributed by atoms with Crippen LogP contribution in [0.25, 0.3) is 0 Å². The summed E-state index contributed by atoms with van der Waals surface area (Å²) in [4.78, 5) is 20.7. The van der Waals surface area contributed by atoms with E-state index in [1.165, 1.54) is 0 Å². The third-order valence-electron chi connectivity index (χ3n) is 3.32. The van der Waals surface area contributed by atoms with Gasteiger partial charge in [0.1, 0.15) is 11.2 Å². The lowest BCUT2D eigenvalue weighted by Gasteiger charge is -2.14. The predicted molar refractivity (Wildman–Crippen MR) is 60.1 cm³/mol. The van der Waals surface area contributed by atoms with E-state index in [-0.39, 0.29) is 5.91 Å². The van der Waals surface area contributed by atoms with Gasteiger partial charge in [-0.1, -0.05) is 18.9 Å². The Bertz CT molecular complexity index is 447. The topological polar surface area (TPSA) is 54.4 Å². The largest absolute Gasteiger partial charge is 0.307 e. The molecule has 1 aromatic rings. The van der Waals surface area contributed by atoms with Crippen molar-refractivity contribution in [2.45, 2.75) is 31.2 Å². The van der Waals surface area contributed by atoms with E-state index < -0.39 is 5.54 Å². The summed E-state index contributed by atoms with van der Waals surface area (Å²) in [7, 11) is 0. The van der Waals surface area contributed by atoms with Gasteiger partial charge < -0.3 is 5.32 Å². The lowest BCUT2D eigenvalue weighted by Crippen LogP contribution is -2.37. The molecule has 0 radical (unpaired) electrons. The van der Waals surface area contributed by atoms with Crippen LogP contribution in [0.5, 0.6) is 0 Å². The SMILES string of the molecule is O=C1NC(c2ccccn2)=NC12CCCC2. The van der Waals surface area contributed by atoms with Crippen LogP contribution in [-0.4, -0.2) is 22.3 Å². The Labute approximate surface area is 93.8 Å². The number of hydrogen-bond acceptors (Lipinski definition) is 3. The van der Waals surface area contributed by atoms with Gasteiger partial charge in [0, 0.05) is 6.20 Å².